The molecule has 0 atom stereocenters. The van der Waals surface area contributed by atoms with Crippen molar-refractivity contribution in [2.24, 2.45) is 0 Å². The Labute approximate surface area is 126 Å². The summed E-state index contributed by atoms with van der Waals surface area (Å²) < 4.78 is 0. The quantitative estimate of drug-likeness (QED) is 0.862. The molecule has 0 radical (unpaired) electrons. The molecule has 0 bridgehead atoms. The van der Waals surface area contributed by atoms with E-state index in [0.29, 0.717) is 0 Å². The standard InChI is InChI=1S/C19H22N2/c1-6-16-7-8-20-11-19(16)14(4)9-17-10-15(5)21-12-18(17)13(2)3/h7-12H,4,6H2,1-3,5H3/b17-9-. The van der Waals surface area contributed by atoms with Crippen molar-refractivity contribution in [3.8, 4) is 0 Å². The van der Waals surface area contributed by atoms with Crippen molar-refractivity contribution in [1.29, 1.82) is 0 Å². The van der Waals surface area contributed by atoms with Crippen molar-refractivity contribution >= 4 is 17.2 Å². The van der Waals surface area contributed by atoms with Crippen LogP contribution >= 0.6 is 0 Å². The van der Waals surface area contributed by atoms with Gasteiger partial charge in [0, 0.05) is 29.8 Å². The number of hydrogen-bond donors (Lipinski definition) is 0. The van der Waals surface area contributed by atoms with Gasteiger partial charge in [-0.3, -0.25) is 9.97 Å². The lowest BCUT2D eigenvalue weighted by molar-refractivity contribution is 1.11. The van der Waals surface area contributed by atoms with Gasteiger partial charge in [0.1, 0.15) is 0 Å². The molecule has 0 aliphatic rings. The molecule has 0 saturated carbocycles. The summed E-state index contributed by atoms with van der Waals surface area (Å²) in [5.41, 5.74) is 5.66. The third-order valence-electron chi connectivity index (χ3n) is 3.58. The van der Waals surface area contributed by atoms with Crippen molar-refractivity contribution in [2.75, 3.05) is 0 Å². The minimum atomic E-state index is 0.978. The first kappa shape index (κ1) is 15.2. The first-order valence-corrected chi connectivity index (χ1v) is 7.27. The number of aromatic nitrogens is 2. The van der Waals surface area contributed by atoms with E-state index in [9.17, 15) is 0 Å². The van der Waals surface area contributed by atoms with Gasteiger partial charge in [0.15, 0.2) is 0 Å². The van der Waals surface area contributed by atoms with Crippen LogP contribution in [0.15, 0.2) is 37.3 Å². The number of hydrogen-bond acceptors (Lipinski definition) is 2. The van der Waals surface area contributed by atoms with Crippen molar-refractivity contribution in [3.05, 3.63) is 64.6 Å². The first-order chi connectivity index (χ1) is 10.0. The summed E-state index contributed by atoms with van der Waals surface area (Å²) >= 11 is 0. The summed E-state index contributed by atoms with van der Waals surface area (Å²) in [6, 6.07) is 4.17. The summed E-state index contributed by atoms with van der Waals surface area (Å²) in [6.45, 7) is 12.6. The van der Waals surface area contributed by atoms with Crippen molar-refractivity contribution in [3.63, 3.8) is 0 Å². The van der Waals surface area contributed by atoms with E-state index in [1.165, 1.54) is 21.6 Å². The smallest absolute Gasteiger partial charge is 0.0379 e. The maximum Gasteiger partial charge on any atom is 0.0379 e. The molecule has 2 heterocycles. The average molecular weight is 278 g/mol. The van der Waals surface area contributed by atoms with Gasteiger partial charge in [0.2, 0.25) is 0 Å². The summed E-state index contributed by atoms with van der Waals surface area (Å²) in [6.07, 6.45) is 8.78. The van der Waals surface area contributed by atoms with Gasteiger partial charge in [-0.05, 0) is 67.0 Å². The van der Waals surface area contributed by atoms with E-state index in [0.717, 1.165) is 23.3 Å². The normalized spacial score (nSPS) is 11.5. The van der Waals surface area contributed by atoms with Crippen LogP contribution in [0.3, 0.4) is 0 Å². The first-order valence-electron chi connectivity index (χ1n) is 7.27. The van der Waals surface area contributed by atoms with Crippen molar-refractivity contribution in [1.82, 2.24) is 9.97 Å². The molecular formula is C19H22N2. The van der Waals surface area contributed by atoms with Crippen LogP contribution in [0.4, 0.5) is 0 Å². The maximum atomic E-state index is 4.39. The second-order valence-electron chi connectivity index (χ2n) is 5.47. The van der Waals surface area contributed by atoms with E-state index in [2.05, 4.69) is 55.5 Å². The number of pyridine rings is 2. The van der Waals surface area contributed by atoms with Crippen LogP contribution in [0.2, 0.25) is 0 Å². The zero-order valence-corrected chi connectivity index (χ0v) is 13.3. The van der Waals surface area contributed by atoms with Crippen LogP contribution in [-0.2, 0) is 6.42 Å². The van der Waals surface area contributed by atoms with Crippen LogP contribution in [0.25, 0.3) is 17.2 Å². The Morgan fingerprint density at radius 2 is 2.05 bits per heavy atom. The third-order valence-corrected chi connectivity index (χ3v) is 3.58. The summed E-state index contributed by atoms with van der Waals surface area (Å²) in [5, 5.41) is 2.34. The zero-order valence-electron chi connectivity index (χ0n) is 13.3. The minimum absolute atomic E-state index is 0.978. The summed E-state index contributed by atoms with van der Waals surface area (Å²) in [4.78, 5) is 8.62. The fourth-order valence-corrected chi connectivity index (χ4v) is 2.40. The molecule has 0 aliphatic carbocycles. The van der Waals surface area contributed by atoms with Crippen LogP contribution < -0.4 is 10.4 Å². The van der Waals surface area contributed by atoms with E-state index < -0.39 is 0 Å². The predicted molar refractivity (Wildman–Crippen MR) is 90.1 cm³/mol. The second-order valence-corrected chi connectivity index (χ2v) is 5.47. The van der Waals surface area contributed by atoms with E-state index in [1.807, 2.05) is 25.5 Å². The summed E-state index contributed by atoms with van der Waals surface area (Å²) in [5.74, 6) is 0. The van der Waals surface area contributed by atoms with E-state index in [1.54, 1.807) is 0 Å². The van der Waals surface area contributed by atoms with Gasteiger partial charge in [0.05, 0.1) is 0 Å². The number of aryl methyl sites for hydroxylation is 2. The molecule has 0 unspecified atom stereocenters. The van der Waals surface area contributed by atoms with Crippen LogP contribution in [0.1, 0.15) is 37.6 Å². The zero-order chi connectivity index (χ0) is 15.4. The molecule has 0 fully saturated rings. The summed E-state index contributed by atoms with van der Waals surface area (Å²) in [7, 11) is 0. The molecule has 2 rings (SSSR count). The van der Waals surface area contributed by atoms with Gasteiger partial charge in [-0.1, -0.05) is 19.1 Å². The number of nitrogens with zero attached hydrogens (tertiary/aromatic N) is 2. The van der Waals surface area contributed by atoms with Crippen molar-refractivity contribution in [2.45, 2.75) is 34.1 Å². The van der Waals surface area contributed by atoms with Gasteiger partial charge in [-0.25, -0.2) is 0 Å². The van der Waals surface area contributed by atoms with Crippen LogP contribution in [0, 0.1) is 6.92 Å². The topological polar surface area (TPSA) is 25.8 Å². The third kappa shape index (κ3) is 3.46. The van der Waals surface area contributed by atoms with Gasteiger partial charge in [0.25, 0.3) is 0 Å². The SMILES string of the molecule is C=C(/C=c1/cc(C)ncc1=C(C)C)c1cnccc1CC. The fourth-order valence-electron chi connectivity index (χ4n) is 2.40. The Balaban J connectivity index is 2.62. The molecular weight excluding hydrogens is 256 g/mol. The highest BCUT2D eigenvalue weighted by molar-refractivity contribution is 5.87. The molecule has 0 aromatic carbocycles. The molecule has 108 valence electrons. The Kier molecular flexibility index (Phi) is 4.69. The Bertz CT molecular complexity index is 781. The van der Waals surface area contributed by atoms with Gasteiger partial charge in [-0.2, -0.15) is 0 Å². The molecule has 2 nitrogen and oxygen atoms in total. The number of rotatable bonds is 3. The molecule has 0 spiro atoms. The lowest BCUT2D eigenvalue weighted by Crippen LogP contribution is -2.27. The van der Waals surface area contributed by atoms with E-state index in [4.69, 9.17) is 0 Å². The highest BCUT2D eigenvalue weighted by Gasteiger charge is 2.03. The van der Waals surface area contributed by atoms with Gasteiger partial charge >= 0.3 is 0 Å². The Hall–Kier alpha value is -2.22. The molecule has 2 aromatic rings. The van der Waals surface area contributed by atoms with Crippen LogP contribution in [-0.4, -0.2) is 9.97 Å². The lowest BCUT2D eigenvalue weighted by atomic mass is 10.0. The fraction of sp³-hybridized carbons (Fsp3) is 0.263. The molecule has 0 saturated heterocycles. The van der Waals surface area contributed by atoms with Gasteiger partial charge < -0.3 is 0 Å². The molecule has 21 heavy (non-hydrogen) atoms. The molecule has 2 heteroatoms. The Morgan fingerprint density at radius 3 is 2.71 bits per heavy atom. The highest BCUT2D eigenvalue weighted by Crippen LogP contribution is 2.18. The largest absolute Gasteiger partial charge is 0.264 e. The monoisotopic (exact) mass is 278 g/mol. The molecule has 2 aromatic heterocycles. The van der Waals surface area contributed by atoms with Gasteiger partial charge in [-0.15, -0.1) is 0 Å². The van der Waals surface area contributed by atoms with Crippen LogP contribution in [0.5, 0.6) is 0 Å². The second kappa shape index (κ2) is 6.49. The minimum Gasteiger partial charge on any atom is -0.264 e. The maximum absolute atomic E-state index is 4.39. The van der Waals surface area contributed by atoms with Crippen molar-refractivity contribution < 1.29 is 0 Å². The molecule has 0 N–H and O–H groups in total. The lowest BCUT2D eigenvalue weighted by Gasteiger charge is -2.07. The number of allylic oxidation sites excluding steroid dienone is 1. The average Bonchev–Trinajstić information content (AvgIpc) is 2.46. The van der Waals surface area contributed by atoms with E-state index >= 15 is 0 Å². The molecule has 0 amide bonds. The molecule has 0 aliphatic heterocycles. The predicted octanol–water partition coefficient (Wildman–Crippen LogP) is 3.03. The highest BCUT2D eigenvalue weighted by atomic mass is 14.6. The Morgan fingerprint density at radius 1 is 1.29 bits per heavy atom. The van der Waals surface area contributed by atoms with E-state index in [-0.39, 0.29) is 0 Å².